The highest BCUT2D eigenvalue weighted by atomic mass is 16.3. The van der Waals surface area contributed by atoms with Crippen LogP contribution in [0.2, 0.25) is 0 Å². The zero-order valence-corrected chi connectivity index (χ0v) is 3.94. The quantitative estimate of drug-likeness (QED) is 0.497. The minimum absolute atomic E-state index is 0.120. The van der Waals surface area contributed by atoms with Crippen LogP contribution in [-0.4, -0.2) is 11.2 Å². The second-order valence-corrected chi connectivity index (χ2v) is 1.83. The lowest BCUT2D eigenvalue weighted by molar-refractivity contribution is 0.221. The summed E-state index contributed by atoms with van der Waals surface area (Å²) >= 11 is 0. The maximum atomic E-state index is 8.66. The third-order valence-electron chi connectivity index (χ3n) is 1.13. The van der Waals surface area contributed by atoms with Crippen molar-refractivity contribution in [1.29, 1.82) is 0 Å². The first-order chi connectivity index (χ1) is 2.80. The first-order valence-electron chi connectivity index (χ1n) is 2.33. The van der Waals surface area contributed by atoms with Crippen LogP contribution in [0.3, 0.4) is 0 Å². The molecule has 1 unspecified atom stereocenters. The van der Waals surface area contributed by atoms with Gasteiger partial charge in [0.1, 0.15) is 0 Å². The SMILES string of the molecule is CC(O)[C]1CC1. The monoisotopic (exact) mass is 85.1 g/mol. The maximum Gasteiger partial charge on any atom is 0.0574 e. The number of hydrogen-bond donors (Lipinski definition) is 1. The summed E-state index contributed by atoms with van der Waals surface area (Å²) in [5, 5.41) is 8.66. The standard InChI is InChI=1S/C5H9O/c1-4(6)5-2-3-5/h4,6H,2-3H2,1H3. The summed E-state index contributed by atoms with van der Waals surface area (Å²) in [6.45, 7) is 1.82. The van der Waals surface area contributed by atoms with Crippen molar-refractivity contribution in [1.82, 2.24) is 0 Å². The van der Waals surface area contributed by atoms with Gasteiger partial charge in [-0.15, -0.1) is 0 Å². The molecule has 0 amide bonds. The van der Waals surface area contributed by atoms with E-state index in [9.17, 15) is 0 Å². The molecule has 0 aromatic carbocycles. The minimum atomic E-state index is -0.120. The van der Waals surface area contributed by atoms with Crippen molar-refractivity contribution < 1.29 is 5.11 Å². The molecule has 0 bridgehead atoms. The average Bonchev–Trinajstić information content (AvgIpc) is 2.06. The molecule has 1 saturated carbocycles. The fourth-order valence-electron chi connectivity index (χ4n) is 0.490. The van der Waals surface area contributed by atoms with Crippen molar-refractivity contribution in [2.75, 3.05) is 0 Å². The van der Waals surface area contributed by atoms with Gasteiger partial charge in [0.25, 0.3) is 0 Å². The first-order valence-corrected chi connectivity index (χ1v) is 2.33. The third-order valence-corrected chi connectivity index (χ3v) is 1.13. The minimum Gasteiger partial charge on any atom is -0.393 e. The van der Waals surface area contributed by atoms with E-state index in [0.29, 0.717) is 0 Å². The predicted octanol–water partition coefficient (Wildman–Crippen LogP) is 0.735. The smallest absolute Gasteiger partial charge is 0.0574 e. The fourth-order valence-corrected chi connectivity index (χ4v) is 0.490. The third kappa shape index (κ3) is 0.716. The summed E-state index contributed by atoms with van der Waals surface area (Å²) < 4.78 is 0. The fraction of sp³-hybridized carbons (Fsp3) is 0.800. The lowest BCUT2D eigenvalue weighted by Crippen LogP contribution is -1.97. The summed E-state index contributed by atoms with van der Waals surface area (Å²) in [4.78, 5) is 0. The van der Waals surface area contributed by atoms with E-state index in [1.54, 1.807) is 0 Å². The van der Waals surface area contributed by atoms with Crippen LogP contribution in [0.4, 0.5) is 0 Å². The molecule has 6 heavy (non-hydrogen) atoms. The van der Waals surface area contributed by atoms with Gasteiger partial charge in [-0.05, 0) is 19.8 Å². The van der Waals surface area contributed by atoms with E-state index in [1.165, 1.54) is 5.92 Å². The van der Waals surface area contributed by atoms with Gasteiger partial charge in [0.05, 0.1) is 6.10 Å². The van der Waals surface area contributed by atoms with Gasteiger partial charge >= 0.3 is 0 Å². The van der Waals surface area contributed by atoms with E-state index < -0.39 is 0 Å². The Morgan fingerprint density at radius 2 is 2.17 bits per heavy atom. The molecule has 0 heterocycles. The van der Waals surface area contributed by atoms with Gasteiger partial charge in [0.2, 0.25) is 0 Å². The van der Waals surface area contributed by atoms with Gasteiger partial charge in [-0.25, -0.2) is 0 Å². The first kappa shape index (κ1) is 4.13. The number of hydrogen-bond acceptors (Lipinski definition) is 1. The molecule has 1 aliphatic rings. The molecule has 0 aliphatic heterocycles. The van der Waals surface area contributed by atoms with Crippen molar-refractivity contribution in [3.63, 3.8) is 0 Å². The molecule has 0 aromatic heterocycles. The summed E-state index contributed by atoms with van der Waals surface area (Å²) in [6.07, 6.45) is 2.21. The molecule has 0 saturated heterocycles. The van der Waals surface area contributed by atoms with E-state index in [4.69, 9.17) is 5.11 Å². The van der Waals surface area contributed by atoms with Crippen molar-refractivity contribution >= 4 is 0 Å². The second kappa shape index (κ2) is 1.23. The van der Waals surface area contributed by atoms with E-state index in [-0.39, 0.29) is 6.10 Å². The highest BCUT2D eigenvalue weighted by molar-refractivity contribution is 5.09. The molecule has 1 rings (SSSR count). The number of aliphatic hydroxyl groups excluding tert-OH is 1. The normalized spacial score (nSPS) is 27.0. The Bertz CT molecular complexity index is 45.9. The van der Waals surface area contributed by atoms with Crippen LogP contribution < -0.4 is 0 Å². The zero-order chi connectivity index (χ0) is 4.57. The van der Waals surface area contributed by atoms with E-state index in [2.05, 4.69) is 0 Å². The molecule has 1 N–H and O–H groups in total. The molecule has 1 fully saturated rings. The lowest BCUT2D eigenvalue weighted by Gasteiger charge is -1.93. The molecule has 1 atom stereocenters. The molecular formula is C5H9O. The van der Waals surface area contributed by atoms with Gasteiger partial charge in [0.15, 0.2) is 0 Å². The molecule has 0 aromatic rings. The van der Waals surface area contributed by atoms with Crippen LogP contribution in [-0.2, 0) is 0 Å². The van der Waals surface area contributed by atoms with Gasteiger partial charge in [0, 0.05) is 5.92 Å². The van der Waals surface area contributed by atoms with Crippen LogP contribution in [0.25, 0.3) is 0 Å². The predicted molar refractivity (Wildman–Crippen MR) is 24.2 cm³/mol. The Balaban J connectivity index is 2.13. The zero-order valence-electron chi connectivity index (χ0n) is 3.94. The summed E-state index contributed by atoms with van der Waals surface area (Å²) in [7, 11) is 0. The Morgan fingerprint density at radius 3 is 2.17 bits per heavy atom. The van der Waals surface area contributed by atoms with Crippen LogP contribution in [0.15, 0.2) is 0 Å². The topological polar surface area (TPSA) is 20.2 Å². The Kier molecular flexibility index (Phi) is 0.845. The molecular weight excluding hydrogens is 76.1 g/mol. The van der Waals surface area contributed by atoms with Crippen molar-refractivity contribution in [2.24, 2.45) is 0 Å². The van der Waals surface area contributed by atoms with E-state index in [1.807, 2.05) is 6.92 Å². The summed E-state index contributed by atoms with van der Waals surface area (Å²) in [6, 6.07) is 0. The van der Waals surface area contributed by atoms with Crippen molar-refractivity contribution in [3.05, 3.63) is 5.92 Å². The largest absolute Gasteiger partial charge is 0.393 e. The summed E-state index contributed by atoms with van der Waals surface area (Å²) in [5.74, 6) is 1.31. The number of rotatable bonds is 1. The van der Waals surface area contributed by atoms with Crippen LogP contribution in [0.1, 0.15) is 19.8 Å². The van der Waals surface area contributed by atoms with Gasteiger partial charge < -0.3 is 5.11 Å². The Morgan fingerprint density at radius 1 is 1.67 bits per heavy atom. The van der Waals surface area contributed by atoms with Crippen molar-refractivity contribution in [2.45, 2.75) is 25.9 Å². The molecule has 1 aliphatic carbocycles. The molecule has 1 nitrogen and oxygen atoms in total. The number of aliphatic hydroxyl groups is 1. The Hall–Kier alpha value is -0.0400. The lowest BCUT2D eigenvalue weighted by atomic mass is 10.3. The average molecular weight is 85.1 g/mol. The highest BCUT2D eigenvalue weighted by Crippen LogP contribution is 2.34. The molecule has 1 radical (unpaired) electrons. The molecule has 1 heteroatoms. The summed E-state index contributed by atoms with van der Waals surface area (Å²) in [5.41, 5.74) is 0. The molecule has 0 spiro atoms. The van der Waals surface area contributed by atoms with E-state index >= 15 is 0 Å². The van der Waals surface area contributed by atoms with E-state index in [0.717, 1.165) is 12.8 Å². The molecule has 35 valence electrons. The second-order valence-electron chi connectivity index (χ2n) is 1.83. The van der Waals surface area contributed by atoms with Crippen LogP contribution >= 0.6 is 0 Å². The highest BCUT2D eigenvalue weighted by Gasteiger charge is 2.26. The van der Waals surface area contributed by atoms with Gasteiger partial charge in [-0.3, -0.25) is 0 Å². The van der Waals surface area contributed by atoms with Gasteiger partial charge in [-0.1, -0.05) is 0 Å². The maximum absolute atomic E-state index is 8.66. The van der Waals surface area contributed by atoms with Crippen LogP contribution in [0, 0.1) is 5.92 Å². The Labute approximate surface area is 38.0 Å². The van der Waals surface area contributed by atoms with Crippen LogP contribution in [0.5, 0.6) is 0 Å². The van der Waals surface area contributed by atoms with Crippen molar-refractivity contribution in [3.8, 4) is 0 Å². The van der Waals surface area contributed by atoms with Gasteiger partial charge in [-0.2, -0.15) is 0 Å².